The molecule has 1 fully saturated rings. The molecule has 2 aromatic rings. The van der Waals surface area contributed by atoms with Gasteiger partial charge in [-0.2, -0.15) is 0 Å². The Hall–Kier alpha value is -2.66. The molecule has 0 aliphatic carbocycles. The van der Waals surface area contributed by atoms with Gasteiger partial charge in [0.05, 0.1) is 12.6 Å². The van der Waals surface area contributed by atoms with Crippen molar-refractivity contribution in [2.75, 3.05) is 26.2 Å². The van der Waals surface area contributed by atoms with Gasteiger partial charge in [-0.3, -0.25) is 14.5 Å². The minimum atomic E-state index is -0.384. The molecule has 4 rings (SSSR count). The monoisotopic (exact) mass is 447 g/mol. The number of piperidine rings is 1. The minimum Gasteiger partial charge on any atom is -0.348 e. The van der Waals surface area contributed by atoms with Crippen LogP contribution in [0.1, 0.15) is 66.6 Å². The quantitative estimate of drug-likeness (QED) is 0.742. The van der Waals surface area contributed by atoms with Gasteiger partial charge in [0.25, 0.3) is 0 Å². The van der Waals surface area contributed by atoms with Crippen LogP contribution < -0.4 is 5.32 Å². The lowest BCUT2D eigenvalue weighted by Gasteiger charge is -2.40. The molecule has 0 saturated carbocycles. The summed E-state index contributed by atoms with van der Waals surface area (Å²) in [6.45, 7) is 11.0. The number of likely N-dealkylation sites (tertiary alicyclic amines) is 1. The number of rotatable bonds is 5. The maximum atomic E-state index is 13.7. The topological polar surface area (TPSA) is 52.7 Å². The van der Waals surface area contributed by atoms with E-state index in [9.17, 15) is 9.59 Å². The van der Waals surface area contributed by atoms with Gasteiger partial charge in [0.2, 0.25) is 11.8 Å². The lowest BCUT2D eigenvalue weighted by molar-refractivity contribution is -0.140. The molecule has 2 aromatic carbocycles. The fourth-order valence-corrected chi connectivity index (χ4v) is 5.34. The molecule has 1 N–H and O–H groups in total. The third kappa shape index (κ3) is 5.30. The van der Waals surface area contributed by atoms with Crippen molar-refractivity contribution in [2.24, 2.45) is 5.92 Å². The number of fused-ring (bicyclic) bond motifs is 1. The van der Waals surface area contributed by atoms with Crippen molar-refractivity contribution in [3.05, 3.63) is 70.3 Å². The van der Waals surface area contributed by atoms with Crippen LogP contribution >= 0.6 is 0 Å². The number of benzene rings is 2. The number of hydrogen-bond acceptors (Lipinski definition) is 3. The zero-order valence-electron chi connectivity index (χ0n) is 20.4. The van der Waals surface area contributed by atoms with E-state index in [2.05, 4.69) is 61.3 Å². The molecular formula is C28H37N3O2. The molecule has 2 heterocycles. The maximum Gasteiger partial charge on any atom is 0.244 e. The maximum absolute atomic E-state index is 13.7. The van der Waals surface area contributed by atoms with Gasteiger partial charge in [0.1, 0.15) is 6.04 Å². The van der Waals surface area contributed by atoms with Crippen molar-refractivity contribution in [3.8, 4) is 0 Å². The fraction of sp³-hybridized carbons (Fsp3) is 0.500. The van der Waals surface area contributed by atoms with Crippen LogP contribution in [0.5, 0.6) is 0 Å². The van der Waals surface area contributed by atoms with Crippen molar-refractivity contribution in [3.63, 3.8) is 0 Å². The van der Waals surface area contributed by atoms with E-state index in [1.165, 1.54) is 16.7 Å². The average molecular weight is 448 g/mol. The molecule has 0 radical (unpaired) electrons. The average Bonchev–Trinajstić information content (AvgIpc) is 2.78. The largest absolute Gasteiger partial charge is 0.348 e. The highest BCUT2D eigenvalue weighted by Crippen LogP contribution is 2.32. The number of hydrogen-bond donors (Lipinski definition) is 1. The van der Waals surface area contributed by atoms with Crippen LogP contribution in [0.3, 0.4) is 0 Å². The highest BCUT2D eigenvalue weighted by atomic mass is 16.2. The summed E-state index contributed by atoms with van der Waals surface area (Å²) in [6.07, 6.45) is 2.96. The number of nitrogens with zero attached hydrogens (tertiary/aromatic N) is 2. The van der Waals surface area contributed by atoms with E-state index in [-0.39, 0.29) is 30.4 Å². The zero-order valence-corrected chi connectivity index (χ0v) is 20.4. The van der Waals surface area contributed by atoms with Crippen LogP contribution in [0.15, 0.2) is 42.5 Å². The molecule has 2 aliphatic rings. The molecule has 33 heavy (non-hydrogen) atoms. The second-order valence-corrected chi connectivity index (χ2v) is 9.98. The molecule has 5 heteroatoms. The van der Waals surface area contributed by atoms with Crippen molar-refractivity contribution < 1.29 is 9.59 Å². The number of aryl methyl sites for hydroxylation is 2. The summed E-state index contributed by atoms with van der Waals surface area (Å²) in [5.41, 5.74) is 5.81. The van der Waals surface area contributed by atoms with Crippen LogP contribution in [-0.2, 0) is 16.0 Å². The van der Waals surface area contributed by atoms with Gasteiger partial charge in [0.15, 0.2) is 0 Å². The molecule has 1 saturated heterocycles. The zero-order chi connectivity index (χ0) is 23.5. The summed E-state index contributed by atoms with van der Waals surface area (Å²) in [7, 11) is 0. The molecule has 0 unspecified atom stereocenters. The Balaban J connectivity index is 1.50. The number of carbonyl (C=O) groups excluding carboxylic acids is 2. The van der Waals surface area contributed by atoms with Crippen LogP contribution in [0.2, 0.25) is 0 Å². The normalized spacial score (nSPS) is 20.2. The SMILES string of the molecule is Cc1ccc([C@@H](C)NC(=O)CN2CCc3ccccc3[C@@H]2C(=O)N2CCC(C)CC2)c(C)c1. The lowest BCUT2D eigenvalue weighted by atomic mass is 9.90. The first kappa shape index (κ1) is 23.5. The number of amides is 2. The van der Waals surface area contributed by atoms with Crippen molar-refractivity contribution in [1.29, 1.82) is 0 Å². The predicted molar refractivity (Wildman–Crippen MR) is 132 cm³/mol. The molecule has 0 aromatic heterocycles. The highest BCUT2D eigenvalue weighted by Gasteiger charge is 2.37. The molecular weight excluding hydrogens is 410 g/mol. The molecule has 0 spiro atoms. The van der Waals surface area contributed by atoms with Gasteiger partial charge in [0, 0.05) is 19.6 Å². The van der Waals surface area contributed by atoms with Gasteiger partial charge >= 0.3 is 0 Å². The molecule has 2 aliphatic heterocycles. The molecule has 2 atom stereocenters. The van der Waals surface area contributed by atoms with Crippen LogP contribution in [0.25, 0.3) is 0 Å². The Morgan fingerprint density at radius 2 is 1.79 bits per heavy atom. The van der Waals surface area contributed by atoms with Crippen LogP contribution in [-0.4, -0.2) is 47.8 Å². The Bertz CT molecular complexity index is 1010. The Morgan fingerprint density at radius 3 is 2.52 bits per heavy atom. The summed E-state index contributed by atoms with van der Waals surface area (Å²) < 4.78 is 0. The van der Waals surface area contributed by atoms with E-state index in [1.54, 1.807) is 0 Å². The van der Waals surface area contributed by atoms with E-state index in [4.69, 9.17) is 0 Å². The predicted octanol–water partition coefficient (Wildman–Crippen LogP) is 4.34. The first-order chi connectivity index (χ1) is 15.8. The molecule has 0 bridgehead atoms. The highest BCUT2D eigenvalue weighted by molar-refractivity contribution is 5.86. The third-order valence-electron chi connectivity index (χ3n) is 7.33. The van der Waals surface area contributed by atoms with E-state index in [0.717, 1.165) is 43.5 Å². The van der Waals surface area contributed by atoms with Gasteiger partial charge in [-0.1, -0.05) is 55.0 Å². The second kappa shape index (κ2) is 10.1. The third-order valence-corrected chi connectivity index (χ3v) is 7.33. The summed E-state index contributed by atoms with van der Waals surface area (Å²) >= 11 is 0. The lowest BCUT2D eigenvalue weighted by Crippen LogP contribution is -2.50. The Labute approximate surface area is 198 Å². The van der Waals surface area contributed by atoms with E-state index >= 15 is 0 Å². The summed E-state index contributed by atoms with van der Waals surface area (Å²) in [4.78, 5) is 30.9. The molecule has 2 amide bonds. The van der Waals surface area contributed by atoms with E-state index in [1.807, 2.05) is 24.0 Å². The van der Waals surface area contributed by atoms with Crippen LogP contribution in [0.4, 0.5) is 0 Å². The minimum absolute atomic E-state index is 0.0353. The van der Waals surface area contributed by atoms with Gasteiger partial charge in [-0.05, 0) is 68.2 Å². The Kier molecular flexibility index (Phi) is 7.18. The van der Waals surface area contributed by atoms with Crippen molar-refractivity contribution >= 4 is 11.8 Å². The summed E-state index contributed by atoms with van der Waals surface area (Å²) in [5, 5.41) is 3.17. The Morgan fingerprint density at radius 1 is 1.06 bits per heavy atom. The van der Waals surface area contributed by atoms with E-state index in [0.29, 0.717) is 12.5 Å². The van der Waals surface area contributed by atoms with Crippen LogP contribution in [0, 0.1) is 19.8 Å². The van der Waals surface area contributed by atoms with Gasteiger partial charge < -0.3 is 10.2 Å². The van der Waals surface area contributed by atoms with Crippen molar-refractivity contribution in [1.82, 2.24) is 15.1 Å². The van der Waals surface area contributed by atoms with E-state index < -0.39 is 0 Å². The summed E-state index contributed by atoms with van der Waals surface area (Å²) in [6, 6.07) is 14.1. The first-order valence-electron chi connectivity index (χ1n) is 12.3. The van der Waals surface area contributed by atoms with Gasteiger partial charge in [-0.15, -0.1) is 0 Å². The smallest absolute Gasteiger partial charge is 0.244 e. The molecule has 5 nitrogen and oxygen atoms in total. The number of nitrogens with one attached hydrogen (secondary N) is 1. The fourth-order valence-electron chi connectivity index (χ4n) is 5.34. The van der Waals surface area contributed by atoms with Crippen molar-refractivity contribution in [2.45, 2.75) is 59.0 Å². The van der Waals surface area contributed by atoms with Gasteiger partial charge in [-0.25, -0.2) is 0 Å². The second-order valence-electron chi connectivity index (χ2n) is 9.98. The first-order valence-corrected chi connectivity index (χ1v) is 12.3. The number of carbonyl (C=O) groups is 2. The standard InChI is InChI=1S/C28H37N3O2/c1-19-11-14-30(15-12-19)28(33)27-25-8-6-5-7-23(25)13-16-31(27)18-26(32)29-22(4)24-10-9-20(2)17-21(24)3/h5-10,17,19,22,27H,11-16,18H2,1-4H3,(H,29,32)/t22-,27-/m1/s1. The summed E-state index contributed by atoms with van der Waals surface area (Å²) in [5.74, 6) is 0.775. The molecule has 176 valence electrons.